The molecule has 0 atom stereocenters. The van der Waals surface area contributed by atoms with Crippen LogP contribution in [0.4, 0.5) is 19.0 Å². The van der Waals surface area contributed by atoms with Crippen molar-refractivity contribution in [3.8, 4) is 0 Å². The van der Waals surface area contributed by atoms with Crippen molar-refractivity contribution in [3.05, 3.63) is 18.1 Å². The van der Waals surface area contributed by atoms with Crippen LogP contribution in [-0.4, -0.2) is 34.2 Å². The first-order valence-electron chi connectivity index (χ1n) is 6.13. The molecule has 3 rings (SSSR count). The minimum Gasteiger partial charge on any atom is -0.355 e. The molecule has 1 N–H and O–H groups in total. The fraction of sp³-hybridized carbons (Fsp3) is 0.500. The Morgan fingerprint density at radius 2 is 2.11 bits per heavy atom. The van der Waals surface area contributed by atoms with Crippen molar-refractivity contribution >= 4 is 16.9 Å². The molecule has 3 heterocycles. The van der Waals surface area contributed by atoms with E-state index < -0.39 is 12.1 Å². The van der Waals surface area contributed by atoms with Crippen LogP contribution >= 0.6 is 0 Å². The molecule has 2 aromatic heterocycles. The summed E-state index contributed by atoms with van der Waals surface area (Å²) < 4.78 is 37.6. The average Bonchev–Trinajstić information content (AvgIpc) is 2.68. The van der Waals surface area contributed by atoms with Crippen LogP contribution in [-0.2, 0) is 6.42 Å². The normalized spacial score (nSPS) is 16.9. The fourth-order valence-corrected chi connectivity index (χ4v) is 2.39. The summed E-state index contributed by atoms with van der Waals surface area (Å²) in [4.78, 5) is 12.9. The van der Waals surface area contributed by atoms with E-state index in [0.29, 0.717) is 11.5 Å². The maximum absolute atomic E-state index is 12.5. The van der Waals surface area contributed by atoms with E-state index in [2.05, 4.69) is 15.0 Å². The summed E-state index contributed by atoms with van der Waals surface area (Å²) >= 11 is 0. The Labute approximate surface area is 107 Å². The Balaban J connectivity index is 1.92. The highest BCUT2D eigenvalue weighted by molar-refractivity contribution is 5.91. The van der Waals surface area contributed by atoms with Crippen LogP contribution in [0.15, 0.2) is 12.5 Å². The lowest BCUT2D eigenvalue weighted by atomic mass is 9.99. The molecule has 0 radical (unpaired) electrons. The maximum Gasteiger partial charge on any atom is 0.395 e. The topological polar surface area (TPSA) is 44.8 Å². The van der Waals surface area contributed by atoms with E-state index in [4.69, 9.17) is 0 Å². The van der Waals surface area contributed by atoms with E-state index in [1.54, 1.807) is 4.90 Å². The van der Waals surface area contributed by atoms with Gasteiger partial charge in [0.2, 0.25) is 0 Å². The van der Waals surface area contributed by atoms with Crippen LogP contribution in [0, 0.1) is 5.92 Å². The molecule has 0 aromatic carbocycles. The lowest BCUT2D eigenvalue weighted by Gasteiger charge is -2.41. The van der Waals surface area contributed by atoms with E-state index >= 15 is 0 Å². The number of nitrogens with one attached hydrogen (secondary N) is 1. The summed E-state index contributed by atoms with van der Waals surface area (Å²) in [6, 6.07) is 0. The lowest BCUT2D eigenvalue weighted by molar-refractivity contribution is -0.180. The highest BCUT2D eigenvalue weighted by Crippen LogP contribution is 2.38. The highest BCUT2D eigenvalue weighted by Gasteiger charge is 2.47. The van der Waals surface area contributed by atoms with Crippen molar-refractivity contribution in [2.75, 3.05) is 18.0 Å². The number of aromatic nitrogens is 3. The average molecular weight is 270 g/mol. The van der Waals surface area contributed by atoms with Gasteiger partial charge in [0.1, 0.15) is 17.8 Å². The molecule has 0 saturated carbocycles. The zero-order valence-electron chi connectivity index (χ0n) is 10.3. The van der Waals surface area contributed by atoms with Crippen molar-refractivity contribution in [1.82, 2.24) is 15.0 Å². The molecule has 0 spiro atoms. The monoisotopic (exact) mass is 270 g/mol. The third-order valence-corrected chi connectivity index (χ3v) is 3.56. The molecule has 1 aliphatic rings. The van der Waals surface area contributed by atoms with Crippen LogP contribution in [0.3, 0.4) is 0 Å². The van der Waals surface area contributed by atoms with Crippen molar-refractivity contribution < 1.29 is 13.2 Å². The predicted octanol–water partition coefficient (Wildman–Crippen LogP) is 2.52. The number of rotatable bonds is 2. The Bertz CT molecular complexity index is 599. The Hall–Kier alpha value is -1.79. The minimum atomic E-state index is -4.12. The molecule has 2 aromatic rings. The largest absolute Gasteiger partial charge is 0.395 e. The zero-order valence-corrected chi connectivity index (χ0v) is 10.3. The number of anilines is 1. The lowest BCUT2D eigenvalue weighted by Crippen LogP contribution is -2.53. The molecule has 7 heteroatoms. The van der Waals surface area contributed by atoms with Gasteiger partial charge >= 0.3 is 6.18 Å². The van der Waals surface area contributed by atoms with Gasteiger partial charge in [0.25, 0.3) is 0 Å². The van der Waals surface area contributed by atoms with Crippen molar-refractivity contribution in [2.24, 2.45) is 5.92 Å². The number of aromatic amines is 1. The fourth-order valence-electron chi connectivity index (χ4n) is 2.39. The van der Waals surface area contributed by atoms with Gasteiger partial charge in [-0.25, -0.2) is 9.97 Å². The smallest absolute Gasteiger partial charge is 0.355 e. The SMILES string of the molecule is CCc1c[nH]c2ncnc(N3CC(C(F)(F)F)C3)c12. The van der Waals surface area contributed by atoms with Gasteiger partial charge < -0.3 is 9.88 Å². The highest BCUT2D eigenvalue weighted by atomic mass is 19.4. The molecule has 0 bridgehead atoms. The molecular formula is C12H13F3N4. The number of H-pyrrole nitrogens is 1. The number of alkyl halides is 3. The number of aryl methyl sites for hydroxylation is 1. The van der Waals surface area contributed by atoms with Gasteiger partial charge in [0.15, 0.2) is 0 Å². The Kier molecular flexibility index (Phi) is 2.65. The van der Waals surface area contributed by atoms with Crippen LogP contribution in [0.5, 0.6) is 0 Å². The second-order valence-electron chi connectivity index (χ2n) is 4.73. The van der Waals surface area contributed by atoms with Gasteiger partial charge in [-0.1, -0.05) is 6.92 Å². The van der Waals surface area contributed by atoms with Crippen LogP contribution in [0.1, 0.15) is 12.5 Å². The second-order valence-corrected chi connectivity index (χ2v) is 4.73. The van der Waals surface area contributed by atoms with Gasteiger partial charge in [-0.15, -0.1) is 0 Å². The van der Waals surface area contributed by atoms with E-state index in [0.717, 1.165) is 17.4 Å². The summed E-state index contributed by atoms with van der Waals surface area (Å²) in [7, 11) is 0. The van der Waals surface area contributed by atoms with Gasteiger partial charge in [-0.2, -0.15) is 13.2 Å². The maximum atomic E-state index is 12.5. The molecule has 0 aliphatic carbocycles. The first-order chi connectivity index (χ1) is 9.00. The summed E-state index contributed by atoms with van der Waals surface area (Å²) in [5, 5.41) is 0.839. The Morgan fingerprint density at radius 3 is 2.74 bits per heavy atom. The van der Waals surface area contributed by atoms with Crippen molar-refractivity contribution in [3.63, 3.8) is 0 Å². The third-order valence-electron chi connectivity index (χ3n) is 3.56. The second kappa shape index (κ2) is 4.11. The molecule has 1 aliphatic heterocycles. The molecule has 0 unspecified atom stereocenters. The minimum absolute atomic E-state index is 0.0239. The molecule has 0 amide bonds. The summed E-state index contributed by atoms with van der Waals surface area (Å²) in [5.41, 5.74) is 1.71. The number of hydrogen-bond donors (Lipinski definition) is 1. The molecular weight excluding hydrogens is 257 g/mol. The third kappa shape index (κ3) is 1.93. The van der Waals surface area contributed by atoms with Gasteiger partial charge in [-0.05, 0) is 12.0 Å². The quantitative estimate of drug-likeness (QED) is 0.912. The standard InChI is InChI=1S/C12H13F3N4/c1-2-7-3-16-10-9(7)11(18-6-17-10)19-4-8(5-19)12(13,14)15/h3,6,8H,2,4-5H2,1H3,(H,16,17,18). The first kappa shape index (κ1) is 12.3. The van der Waals surface area contributed by atoms with E-state index in [-0.39, 0.29) is 13.1 Å². The molecule has 102 valence electrons. The van der Waals surface area contributed by atoms with Crippen molar-refractivity contribution in [2.45, 2.75) is 19.5 Å². The van der Waals surface area contributed by atoms with E-state index in [1.807, 2.05) is 13.1 Å². The van der Waals surface area contributed by atoms with Gasteiger partial charge in [0.05, 0.1) is 11.3 Å². The van der Waals surface area contributed by atoms with Crippen molar-refractivity contribution in [1.29, 1.82) is 0 Å². The molecule has 19 heavy (non-hydrogen) atoms. The zero-order chi connectivity index (χ0) is 13.6. The summed E-state index contributed by atoms with van der Waals surface area (Å²) in [6.45, 7) is 1.95. The molecule has 1 saturated heterocycles. The summed E-state index contributed by atoms with van der Waals surface area (Å²) in [6.07, 6.45) is -0.107. The molecule has 1 fully saturated rings. The van der Waals surface area contributed by atoms with Gasteiger partial charge in [0, 0.05) is 19.3 Å². The Morgan fingerprint density at radius 1 is 1.37 bits per heavy atom. The van der Waals surface area contributed by atoms with E-state index in [9.17, 15) is 13.2 Å². The van der Waals surface area contributed by atoms with Crippen LogP contribution < -0.4 is 4.90 Å². The first-order valence-corrected chi connectivity index (χ1v) is 6.13. The van der Waals surface area contributed by atoms with Crippen LogP contribution in [0.25, 0.3) is 11.0 Å². The number of fused-ring (bicyclic) bond motifs is 1. The predicted molar refractivity (Wildman–Crippen MR) is 65.0 cm³/mol. The van der Waals surface area contributed by atoms with Crippen LogP contribution in [0.2, 0.25) is 0 Å². The number of halogens is 3. The summed E-state index contributed by atoms with van der Waals surface area (Å²) in [5.74, 6) is -0.648. The van der Waals surface area contributed by atoms with Gasteiger partial charge in [-0.3, -0.25) is 0 Å². The number of hydrogen-bond acceptors (Lipinski definition) is 3. The van der Waals surface area contributed by atoms with E-state index in [1.165, 1.54) is 6.33 Å². The molecule has 4 nitrogen and oxygen atoms in total. The number of nitrogens with zero attached hydrogens (tertiary/aromatic N) is 3.